The number of piperidine rings is 1. The Bertz CT molecular complexity index is 616. The molecule has 3 rings (SSSR count). The number of aromatic nitrogens is 2. The Morgan fingerprint density at radius 1 is 1.38 bits per heavy atom. The van der Waals surface area contributed by atoms with Crippen LogP contribution in [0.15, 0.2) is 18.2 Å². The second-order valence-electron chi connectivity index (χ2n) is 6.16. The van der Waals surface area contributed by atoms with Crippen LogP contribution in [-0.2, 0) is 0 Å². The molecule has 2 aromatic rings. The van der Waals surface area contributed by atoms with Crippen LogP contribution in [0.5, 0.6) is 0 Å². The largest absolute Gasteiger partial charge is 0.341 e. The first-order chi connectivity index (χ1) is 10.0. The fourth-order valence-electron chi connectivity index (χ4n) is 3.11. The van der Waals surface area contributed by atoms with Crippen LogP contribution in [0.4, 0.5) is 0 Å². The van der Waals surface area contributed by atoms with Gasteiger partial charge in [0.05, 0.1) is 17.1 Å². The van der Waals surface area contributed by atoms with Crippen molar-refractivity contribution in [3.05, 3.63) is 29.0 Å². The number of rotatable bonds is 3. The number of nitrogens with one attached hydrogen (secondary N) is 1. The summed E-state index contributed by atoms with van der Waals surface area (Å²) in [6.45, 7) is 4.58. The molecule has 0 saturated carbocycles. The average Bonchev–Trinajstić information content (AvgIpc) is 2.89. The van der Waals surface area contributed by atoms with Gasteiger partial charge in [-0.05, 0) is 65.1 Å². The first kappa shape index (κ1) is 14.8. The maximum atomic E-state index is 6.04. The zero-order valence-electron chi connectivity index (χ0n) is 12.9. The highest BCUT2D eigenvalue weighted by molar-refractivity contribution is 6.31. The first-order valence-corrected chi connectivity index (χ1v) is 7.98. The van der Waals surface area contributed by atoms with Crippen LogP contribution in [0, 0.1) is 0 Å². The lowest BCUT2D eigenvalue weighted by molar-refractivity contribution is 0.111. The normalized spacial score (nSPS) is 19.5. The summed E-state index contributed by atoms with van der Waals surface area (Å²) in [5.74, 6) is 1.02. The smallest absolute Gasteiger partial charge is 0.124 e. The van der Waals surface area contributed by atoms with E-state index in [0.29, 0.717) is 6.04 Å². The lowest BCUT2D eigenvalue weighted by atomic mass is 10.0. The summed E-state index contributed by atoms with van der Waals surface area (Å²) in [5, 5.41) is 0.744. The van der Waals surface area contributed by atoms with Crippen molar-refractivity contribution < 1.29 is 0 Å². The maximum Gasteiger partial charge on any atom is 0.124 e. The van der Waals surface area contributed by atoms with E-state index >= 15 is 0 Å². The SMILES string of the molecule is CC(c1nc2ccc(Cl)cc2[nH]1)N(C)C1CCN(C)CC1. The Morgan fingerprint density at radius 3 is 2.81 bits per heavy atom. The monoisotopic (exact) mass is 306 g/mol. The third kappa shape index (κ3) is 3.07. The number of imidazole rings is 1. The van der Waals surface area contributed by atoms with E-state index in [2.05, 4.69) is 35.8 Å². The van der Waals surface area contributed by atoms with Crippen molar-refractivity contribution in [1.82, 2.24) is 19.8 Å². The van der Waals surface area contributed by atoms with E-state index in [1.54, 1.807) is 0 Å². The molecule has 1 aliphatic heterocycles. The Kier molecular flexibility index (Phi) is 4.20. The van der Waals surface area contributed by atoms with Crippen molar-refractivity contribution in [3.8, 4) is 0 Å². The number of nitrogens with zero attached hydrogens (tertiary/aromatic N) is 3. The lowest BCUT2D eigenvalue weighted by Crippen LogP contribution is -2.43. The summed E-state index contributed by atoms with van der Waals surface area (Å²) < 4.78 is 0. The van der Waals surface area contributed by atoms with Crippen LogP contribution < -0.4 is 0 Å². The van der Waals surface area contributed by atoms with E-state index in [0.717, 1.165) is 21.9 Å². The zero-order valence-corrected chi connectivity index (χ0v) is 13.7. The summed E-state index contributed by atoms with van der Waals surface area (Å²) in [6, 6.07) is 6.72. The molecule has 21 heavy (non-hydrogen) atoms. The van der Waals surface area contributed by atoms with Crippen LogP contribution >= 0.6 is 11.6 Å². The summed E-state index contributed by atoms with van der Waals surface area (Å²) >= 11 is 6.04. The highest BCUT2D eigenvalue weighted by Crippen LogP contribution is 2.26. The standard InChI is InChI=1S/C16H23ClN4/c1-11(21(3)13-6-8-20(2)9-7-13)16-18-14-5-4-12(17)10-15(14)19-16/h4-5,10-11,13H,6-9H2,1-3H3,(H,18,19). The van der Waals surface area contributed by atoms with Gasteiger partial charge in [-0.1, -0.05) is 11.6 Å². The van der Waals surface area contributed by atoms with E-state index in [-0.39, 0.29) is 6.04 Å². The van der Waals surface area contributed by atoms with Gasteiger partial charge < -0.3 is 9.88 Å². The molecule has 0 radical (unpaired) electrons. The van der Waals surface area contributed by atoms with E-state index in [9.17, 15) is 0 Å². The summed E-state index contributed by atoms with van der Waals surface area (Å²) in [5.41, 5.74) is 2.00. The minimum Gasteiger partial charge on any atom is -0.341 e. The Labute approximate surface area is 131 Å². The van der Waals surface area contributed by atoms with Gasteiger partial charge in [-0.2, -0.15) is 0 Å². The molecule has 0 bridgehead atoms. The molecule has 1 aliphatic rings. The second-order valence-corrected chi connectivity index (χ2v) is 6.60. The van der Waals surface area contributed by atoms with Crippen molar-refractivity contribution in [2.75, 3.05) is 27.2 Å². The molecule has 0 aliphatic carbocycles. The van der Waals surface area contributed by atoms with Crippen molar-refractivity contribution in [3.63, 3.8) is 0 Å². The van der Waals surface area contributed by atoms with Gasteiger partial charge in [0.1, 0.15) is 5.82 Å². The molecule has 1 aromatic carbocycles. The van der Waals surface area contributed by atoms with Crippen molar-refractivity contribution in [1.29, 1.82) is 0 Å². The van der Waals surface area contributed by atoms with Crippen molar-refractivity contribution >= 4 is 22.6 Å². The molecule has 2 heterocycles. The molecule has 1 aromatic heterocycles. The van der Waals surface area contributed by atoms with E-state index in [4.69, 9.17) is 16.6 Å². The van der Waals surface area contributed by atoms with Crippen molar-refractivity contribution in [2.45, 2.75) is 31.8 Å². The number of H-pyrrole nitrogens is 1. The zero-order chi connectivity index (χ0) is 15.0. The third-order valence-corrected chi connectivity index (χ3v) is 4.97. The van der Waals surface area contributed by atoms with Crippen LogP contribution in [-0.4, -0.2) is 53.0 Å². The third-order valence-electron chi connectivity index (χ3n) is 4.73. The molecule has 1 atom stereocenters. The molecule has 4 nitrogen and oxygen atoms in total. The van der Waals surface area contributed by atoms with Crippen LogP contribution in [0.2, 0.25) is 5.02 Å². The number of likely N-dealkylation sites (tertiary alicyclic amines) is 1. The van der Waals surface area contributed by atoms with Crippen molar-refractivity contribution in [2.24, 2.45) is 0 Å². The second kappa shape index (κ2) is 5.95. The molecule has 5 heteroatoms. The van der Waals surface area contributed by atoms with Gasteiger partial charge in [0.2, 0.25) is 0 Å². The maximum absolute atomic E-state index is 6.04. The molecule has 0 amide bonds. The minimum atomic E-state index is 0.282. The molecule has 1 saturated heterocycles. The van der Waals surface area contributed by atoms with Gasteiger partial charge in [0.25, 0.3) is 0 Å². The molecule has 114 valence electrons. The Hall–Kier alpha value is -1.10. The van der Waals surface area contributed by atoms with Crippen LogP contribution in [0.3, 0.4) is 0 Å². The highest BCUT2D eigenvalue weighted by atomic mass is 35.5. The fraction of sp³-hybridized carbons (Fsp3) is 0.562. The first-order valence-electron chi connectivity index (χ1n) is 7.60. The van der Waals surface area contributed by atoms with Gasteiger partial charge in [0.15, 0.2) is 0 Å². The Morgan fingerprint density at radius 2 is 2.10 bits per heavy atom. The minimum absolute atomic E-state index is 0.282. The van der Waals surface area contributed by atoms with Gasteiger partial charge >= 0.3 is 0 Å². The molecule has 0 spiro atoms. The predicted octanol–water partition coefficient (Wildman–Crippen LogP) is 3.30. The molecule has 1 N–H and O–H groups in total. The molecular formula is C16H23ClN4. The van der Waals surface area contributed by atoms with Gasteiger partial charge in [-0.3, -0.25) is 4.90 Å². The number of halogens is 1. The summed E-state index contributed by atoms with van der Waals surface area (Å²) in [7, 11) is 4.41. The predicted molar refractivity (Wildman–Crippen MR) is 87.8 cm³/mol. The summed E-state index contributed by atoms with van der Waals surface area (Å²) in [4.78, 5) is 13.0. The number of hydrogen-bond acceptors (Lipinski definition) is 3. The molecular weight excluding hydrogens is 284 g/mol. The molecule has 1 unspecified atom stereocenters. The van der Waals surface area contributed by atoms with Gasteiger partial charge in [-0.25, -0.2) is 4.98 Å². The number of aromatic amines is 1. The Balaban J connectivity index is 1.77. The number of fused-ring (bicyclic) bond motifs is 1. The van der Waals surface area contributed by atoms with E-state index < -0.39 is 0 Å². The van der Waals surface area contributed by atoms with E-state index in [1.165, 1.54) is 25.9 Å². The number of hydrogen-bond donors (Lipinski definition) is 1. The van der Waals surface area contributed by atoms with E-state index in [1.807, 2.05) is 18.2 Å². The fourth-order valence-corrected chi connectivity index (χ4v) is 3.28. The quantitative estimate of drug-likeness (QED) is 0.945. The average molecular weight is 307 g/mol. The van der Waals surface area contributed by atoms with Gasteiger partial charge in [-0.15, -0.1) is 0 Å². The van der Waals surface area contributed by atoms with Crippen LogP contribution in [0.25, 0.3) is 11.0 Å². The lowest BCUT2D eigenvalue weighted by Gasteiger charge is -2.37. The summed E-state index contributed by atoms with van der Waals surface area (Å²) in [6.07, 6.45) is 2.45. The number of benzene rings is 1. The topological polar surface area (TPSA) is 35.2 Å². The molecule has 1 fully saturated rings. The van der Waals surface area contributed by atoms with Crippen LogP contribution in [0.1, 0.15) is 31.6 Å². The van der Waals surface area contributed by atoms with Gasteiger partial charge in [0, 0.05) is 11.1 Å². The highest BCUT2D eigenvalue weighted by Gasteiger charge is 2.26.